The number of benzene rings is 2. The Hall–Kier alpha value is -3.10. The third-order valence-corrected chi connectivity index (χ3v) is 6.56. The third kappa shape index (κ3) is 5.38. The summed E-state index contributed by atoms with van der Waals surface area (Å²) in [6.07, 6.45) is 2.59. The summed E-state index contributed by atoms with van der Waals surface area (Å²) in [5.74, 6) is -0.569. The minimum atomic E-state index is -3.70. The number of aryl methyl sites for hydroxylation is 2. The molecule has 0 unspecified atom stereocenters. The number of para-hydroxylation sites is 1. The second-order valence-electron chi connectivity index (χ2n) is 7.49. The highest BCUT2D eigenvalue weighted by Gasteiger charge is 2.21. The van der Waals surface area contributed by atoms with Crippen molar-refractivity contribution in [1.29, 1.82) is 0 Å². The van der Waals surface area contributed by atoms with E-state index in [4.69, 9.17) is 11.6 Å². The first-order chi connectivity index (χ1) is 15.1. The molecule has 0 aliphatic carbocycles. The zero-order valence-electron chi connectivity index (χ0n) is 18.3. The van der Waals surface area contributed by atoms with E-state index in [2.05, 4.69) is 15.1 Å². The average Bonchev–Trinajstić information content (AvgIpc) is 3.01. The monoisotopic (exact) mass is 472 g/mol. The zero-order chi connectivity index (χ0) is 23.5. The van der Waals surface area contributed by atoms with Crippen LogP contribution in [-0.2, 0) is 14.8 Å². The summed E-state index contributed by atoms with van der Waals surface area (Å²) in [6, 6.07) is 16.7. The van der Waals surface area contributed by atoms with Crippen LogP contribution >= 0.6 is 11.6 Å². The van der Waals surface area contributed by atoms with Gasteiger partial charge >= 0.3 is 0 Å². The second kappa shape index (κ2) is 9.58. The summed E-state index contributed by atoms with van der Waals surface area (Å²) in [7, 11) is -3.70. The molecule has 3 rings (SSSR count). The maximum absolute atomic E-state index is 12.4. The summed E-state index contributed by atoms with van der Waals surface area (Å²) < 4.78 is 27.6. The SMILES string of the molecule is Cc1ccc(N(CC(=O)N/N=C/c2cc(C)n(-c3ccccc3)c2C)S(C)(=O)=O)cc1Cl. The van der Waals surface area contributed by atoms with Crippen LogP contribution in [0.5, 0.6) is 0 Å². The van der Waals surface area contributed by atoms with E-state index in [0.29, 0.717) is 10.7 Å². The van der Waals surface area contributed by atoms with Gasteiger partial charge in [0.2, 0.25) is 10.0 Å². The molecule has 0 aliphatic rings. The van der Waals surface area contributed by atoms with Gasteiger partial charge in [-0.1, -0.05) is 35.9 Å². The van der Waals surface area contributed by atoms with Crippen molar-refractivity contribution in [3.63, 3.8) is 0 Å². The van der Waals surface area contributed by atoms with Crippen LogP contribution in [0.25, 0.3) is 5.69 Å². The van der Waals surface area contributed by atoms with Crippen LogP contribution in [0.4, 0.5) is 5.69 Å². The van der Waals surface area contributed by atoms with Gasteiger partial charge in [-0.2, -0.15) is 5.10 Å². The highest BCUT2D eigenvalue weighted by atomic mass is 35.5. The van der Waals surface area contributed by atoms with Gasteiger partial charge in [-0.05, 0) is 56.7 Å². The molecule has 0 spiro atoms. The predicted molar refractivity (Wildman–Crippen MR) is 129 cm³/mol. The van der Waals surface area contributed by atoms with E-state index in [9.17, 15) is 13.2 Å². The molecule has 7 nitrogen and oxygen atoms in total. The van der Waals surface area contributed by atoms with Gasteiger partial charge in [0.05, 0.1) is 18.2 Å². The second-order valence-corrected chi connectivity index (χ2v) is 9.81. The number of hydrogen-bond donors (Lipinski definition) is 1. The average molecular weight is 473 g/mol. The Labute approximate surface area is 193 Å². The Morgan fingerprint density at radius 2 is 1.81 bits per heavy atom. The van der Waals surface area contributed by atoms with Gasteiger partial charge in [-0.15, -0.1) is 0 Å². The molecule has 1 heterocycles. The van der Waals surface area contributed by atoms with E-state index in [1.54, 1.807) is 18.3 Å². The fraction of sp³-hybridized carbons (Fsp3) is 0.217. The lowest BCUT2D eigenvalue weighted by molar-refractivity contribution is -0.119. The van der Waals surface area contributed by atoms with E-state index in [1.165, 1.54) is 6.07 Å². The van der Waals surface area contributed by atoms with E-state index in [1.807, 2.05) is 57.2 Å². The van der Waals surface area contributed by atoms with Gasteiger partial charge in [0.15, 0.2) is 0 Å². The first kappa shape index (κ1) is 23.6. The highest BCUT2D eigenvalue weighted by Crippen LogP contribution is 2.24. The summed E-state index contributed by atoms with van der Waals surface area (Å²) in [5, 5.41) is 4.45. The summed E-state index contributed by atoms with van der Waals surface area (Å²) >= 11 is 6.12. The molecule has 168 valence electrons. The van der Waals surface area contributed by atoms with Crippen molar-refractivity contribution in [3.05, 3.63) is 82.1 Å². The Bertz CT molecular complexity index is 1270. The van der Waals surface area contributed by atoms with Crippen LogP contribution in [0.15, 0.2) is 59.7 Å². The number of aromatic nitrogens is 1. The largest absolute Gasteiger partial charge is 0.318 e. The minimum absolute atomic E-state index is 0.314. The van der Waals surface area contributed by atoms with Crippen molar-refractivity contribution in [2.75, 3.05) is 17.1 Å². The number of nitrogens with zero attached hydrogens (tertiary/aromatic N) is 3. The molecule has 32 heavy (non-hydrogen) atoms. The number of anilines is 1. The molecule has 0 atom stereocenters. The van der Waals surface area contributed by atoms with Crippen molar-refractivity contribution < 1.29 is 13.2 Å². The fourth-order valence-corrected chi connectivity index (χ4v) is 4.39. The van der Waals surface area contributed by atoms with Crippen LogP contribution in [0.3, 0.4) is 0 Å². The van der Waals surface area contributed by atoms with Crippen LogP contribution in [0, 0.1) is 20.8 Å². The van der Waals surface area contributed by atoms with Gasteiger partial charge in [-0.3, -0.25) is 9.10 Å². The number of halogens is 1. The van der Waals surface area contributed by atoms with Crippen LogP contribution < -0.4 is 9.73 Å². The molecule has 0 bridgehead atoms. The molecule has 3 aromatic rings. The first-order valence-corrected chi connectivity index (χ1v) is 12.1. The molecule has 0 aliphatic heterocycles. The first-order valence-electron chi connectivity index (χ1n) is 9.88. The van der Waals surface area contributed by atoms with Gasteiger partial charge in [0.25, 0.3) is 5.91 Å². The maximum atomic E-state index is 12.4. The normalized spacial score (nSPS) is 11.7. The Morgan fingerprint density at radius 1 is 1.12 bits per heavy atom. The van der Waals surface area contributed by atoms with Gasteiger partial charge in [0, 0.05) is 27.7 Å². The standard InChI is InChI=1S/C23H25ClN4O3S/c1-16-10-11-21(13-22(16)24)27(32(4,30)31)15-23(29)26-25-14-19-12-17(2)28(18(19)3)20-8-6-5-7-9-20/h5-14H,15H2,1-4H3,(H,26,29)/b25-14+. The summed E-state index contributed by atoms with van der Waals surface area (Å²) in [4.78, 5) is 12.4. The van der Waals surface area contributed by atoms with Gasteiger partial charge < -0.3 is 4.57 Å². The molecule has 2 aromatic carbocycles. The molecule has 0 saturated heterocycles. The van der Waals surface area contributed by atoms with Gasteiger partial charge in [0.1, 0.15) is 6.54 Å². The number of hydrogen-bond acceptors (Lipinski definition) is 4. The smallest absolute Gasteiger partial charge is 0.260 e. The number of rotatable bonds is 7. The Morgan fingerprint density at radius 3 is 2.44 bits per heavy atom. The van der Waals surface area contributed by atoms with E-state index >= 15 is 0 Å². The molecule has 0 fully saturated rings. The Balaban J connectivity index is 1.74. The molecule has 1 amide bonds. The molecule has 1 aromatic heterocycles. The topological polar surface area (TPSA) is 83.8 Å². The van der Waals surface area contributed by atoms with Crippen LogP contribution in [0.1, 0.15) is 22.5 Å². The number of hydrazone groups is 1. The van der Waals surface area contributed by atoms with Crippen LogP contribution in [0.2, 0.25) is 5.02 Å². The number of amides is 1. The number of nitrogens with one attached hydrogen (secondary N) is 1. The Kier molecular flexibility index (Phi) is 7.06. The number of carbonyl (C=O) groups is 1. The molecule has 0 saturated carbocycles. The zero-order valence-corrected chi connectivity index (χ0v) is 19.9. The van der Waals surface area contributed by atoms with Crippen molar-refractivity contribution in [2.45, 2.75) is 20.8 Å². The quantitative estimate of drug-likeness (QED) is 0.417. The van der Waals surface area contributed by atoms with Crippen molar-refractivity contribution in [3.8, 4) is 5.69 Å². The van der Waals surface area contributed by atoms with Crippen molar-refractivity contribution in [2.24, 2.45) is 5.10 Å². The minimum Gasteiger partial charge on any atom is -0.318 e. The molecule has 1 N–H and O–H groups in total. The van der Waals surface area contributed by atoms with E-state index < -0.39 is 22.5 Å². The lowest BCUT2D eigenvalue weighted by Gasteiger charge is -2.21. The lowest BCUT2D eigenvalue weighted by Crippen LogP contribution is -2.39. The van der Waals surface area contributed by atoms with Crippen molar-refractivity contribution >= 4 is 39.4 Å². The number of carbonyl (C=O) groups excluding carboxylic acids is 1. The third-order valence-electron chi connectivity index (χ3n) is 5.01. The van der Waals surface area contributed by atoms with Crippen LogP contribution in [-0.4, -0.2) is 37.9 Å². The fourth-order valence-electron chi connectivity index (χ4n) is 3.37. The maximum Gasteiger partial charge on any atom is 0.260 e. The van der Waals surface area contributed by atoms with Gasteiger partial charge in [-0.25, -0.2) is 13.8 Å². The number of sulfonamides is 1. The highest BCUT2D eigenvalue weighted by molar-refractivity contribution is 7.92. The molecular formula is C23H25ClN4O3S. The molecule has 0 radical (unpaired) electrons. The molecular weight excluding hydrogens is 448 g/mol. The predicted octanol–water partition coefficient (Wildman–Crippen LogP) is 3.97. The summed E-state index contributed by atoms with van der Waals surface area (Å²) in [5.41, 5.74) is 7.41. The van der Waals surface area contributed by atoms with E-state index in [-0.39, 0.29) is 0 Å². The summed E-state index contributed by atoms with van der Waals surface area (Å²) in [6.45, 7) is 5.36. The van der Waals surface area contributed by atoms with Crippen molar-refractivity contribution in [1.82, 2.24) is 9.99 Å². The lowest BCUT2D eigenvalue weighted by atomic mass is 10.2. The van der Waals surface area contributed by atoms with E-state index in [0.717, 1.165) is 38.8 Å². The molecule has 9 heteroatoms.